The molecule has 0 unspecified atom stereocenters. The Hall–Kier alpha value is -2.87. The van der Waals surface area contributed by atoms with E-state index in [1.807, 2.05) is 35.2 Å². The summed E-state index contributed by atoms with van der Waals surface area (Å²) in [5.41, 5.74) is 0.257. The van der Waals surface area contributed by atoms with Gasteiger partial charge in [0.25, 0.3) is 0 Å². The number of piperazine rings is 1. The first kappa shape index (κ1) is 18.5. The number of hydrogen-bond donors (Lipinski definition) is 0. The highest BCUT2D eigenvalue weighted by Crippen LogP contribution is 2.29. The molecule has 1 fully saturated rings. The second-order valence-corrected chi connectivity index (χ2v) is 6.65. The van der Waals surface area contributed by atoms with Crippen LogP contribution in [0.25, 0.3) is 11.3 Å². The van der Waals surface area contributed by atoms with Gasteiger partial charge in [-0.3, -0.25) is 4.90 Å². The van der Waals surface area contributed by atoms with Crippen molar-refractivity contribution in [1.82, 2.24) is 14.9 Å². The van der Waals surface area contributed by atoms with Crippen LogP contribution in [-0.4, -0.2) is 41.0 Å². The maximum atomic E-state index is 12.7. The standard InChI is InChI=1S/C20H19F3N4O/c21-20(22,23)16-6-7-18(24-12-16)27-10-8-26(9-11-27)14-19-25-13-17(28-19)15-4-2-1-3-5-15/h1-7,12-13H,8-11,14H2. The lowest BCUT2D eigenvalue weighted by Gasteiger charge is -2.34. The maximum Gasteiger partial charge on any atom is 0.417 e. The Labute approximate surface area is 160 Å². The second kappa shape index (κ2) is 7.63. The molecule has 0 radical (unpaired) electrons. The van der Waals surface area contributed by atoms with Gasteiger partial charge in [0, 0.05) is 37.9 Å². The molecule has 28 heavy (non-hydrogen) atoms. The molecule has 0 amide bonds. The molecule has 8 heteroatoms. The summed E-state index contributed by atoms with van der Waals surface area (Å²) in [6.45, 7) is 3.48. The van der Waals surface area contributed by atoms with Gasteiger partial charge in [-0.05, 0) is 12.1 Å². The quantitative estimate of drug-likeness (QED) is 0.674. The van der Waals surface area contributed by atoms with Gasteiger partial charge >= 0.3 is 6.18 Å². The molecular formula is C20H19F3N4O. The third-order valence-electron chi connectivity index (χ3n) is 4.74. The minimum Gasteiger partial charge on any atom is -0.439 e. The van der Waals surface area contributed by atoms with E-state index < -0.39 is 11.7 Å². The van der Waals surface area contributed by atoms with Gasteiger partial charge in [0.2, 0.25) is 5.89 Å². The number of nitrogens with zero attached hydrogens (tertiary/aromatic N) is 4. The first-order valence-electron chi connectivity index (χ1n) is 9.00. The molecule has 1 aliphatic heterocycles. The number of hydrogen-bond acceptors (Lipinski definition) is 5. The van der Waals surface area contributed by atoms with Crippen LogP contribution in [0.1, 0.15) is 11.5 Å². The molecule has 146 valence electrons. The summed E-state index contributed by atoms with van der Waals surface area (Å²) in [4.78, 5) is 12.5. The van der Waals surface area contributed by atoms with Gasteiger partial charge in [0.15, 0.2) is 5.76 Å². The molecule has 3 aromatic rings. The van der Waals surface area contributed by atoms with Crippen molar-refractivity contribution in [2.75, 3.05) is 31.1 Å². The Kier molecular flexibility index (Phi) is 5.04. The lowest BCUT2D eigenvalue weighted by molar-refractivity contribution is -0.137. The molecule has 5 nitrogen and oxygen atoms in total. The van der Waals surface area contributed by atoms with Crippen molar-refractivity contribution in [2.24, 2.45) is 0 Å². The average molecular weight is 388 g/mol. The van der Waals surface area contributed by atoms with Crippen LogP contribution in [0.2, 0.25) is 0 Å². The lowest BCUT2D eigenvalue weighted by atomic mass is 10.2. The monoisotopic (exact) mass is 388 g/mol. The first-order valence-corrected chi connectivity index (χ1v) is 9.00. The van der Waals surface area contributed by atoms with E-state index in [0.29, 0.717) is 31.3 Å². The molecule has 0 atom stereocenters. The van der Waals surface area contributed by atoms with Crippen molar-refractivity contribution < 1.29 is 17.6 Å². The molecule has 0 N–H and O–H groups in total. The molecular weight excluding hydrogens is 369 g/mol. The van der Waals surface area contributed by atoms with Crippen molar-refractivity contribution >= 4 is 5.82 Å². The van der Waals surface area contributed by atoms with Crippen molar-refractivity contribution in [3.8, 4) is 11.3 Å². The number of anilines is 1. The summed E-state index contributed by atoms with van der Waals surface area (Å²) in [7, 11) is 0. The number of alkyl halides is 3. The molecule has 0 bridgehead atoms. The largest absolute Gasteiger partial charge is 0.439 e. The van der Waals surface area contributed by atoms with Crippen LogP contribution in [0.3, 0.4) is 0 Å². The Bertz CT molecular complexity index is 901. The maximum absolute atomic E-state index is 12.7. The lowest BCUT2D eigenvalue weighted by Crippen LogP contribution is -2.46. The smallest absolute Gasteiger partial charge is 0.417 e. The molecule has 4 rings (SSSR count). The predicted octanol–water partition coefficient (Wildman–Crippen LogP) is 4.08. The molecule has 1 saturated heterocycles. The van der Waals surface area contributed by atoms with Crippen LogP contribution in [0.15, 0.2) is 59.3 Å². The van der Waals surface area contributed by atoms with Gasteiger partial charge in [0.1, 0.15) is 5.82 Å². The van der Waals surface area contributed by atoms with Gasteiger partial charge in [0.05, 0.1) is 18.3 Å². The zero-order valence-electron chi connectivity index (χ0n) is 15.1. The molecule has 0 aliphatic carbocycles. The number of pyridine rings is 1. The Balaban J connectivity index is 1.33. The topological polar surface area (TPSA) is 45.4 Å². The number of halogens is 3. The first-order chi connectivity index (χ1) is 13.5. The predicted molar refractivity (Wildman–Crippen MR) is 98.7 cm³/mol. The molecule has 1 aliphatic rings. The average Bonchev–Trinajstić information content (AvgIpc) is 3.17. The van der Waals surface area contributed by atoms with Crippen molar-refractivity contribution in [2.45, 2.75) is 12.7 Å². The summed E-state index contributed by atoms with van der Waals surface area (Å²) in [6.07, 6.45) is -1.74. The molecule has 0 saturated carbocycles. The van der Waals surface area contributed by atoms with E-state index in [0.717, 1.165) is 36.7 Å². The third kappa shape index (κ3) is 4.17. The third-order valence-corrected chi connectivity index (χ3v) is 4.74. The van der Waals surface area contributed by atoms with Crippen LogP contribution < -0.4 is 4.90 Å². The molecule has 2 aromatic heterocycles. The summed E-state index contributed by atoms with van der Waals surface area (Å²) in [6, 6.07) is 12.3. The highest BCUT2D eigenvalue weighted by atomic mass is 19.4. The number of rotatable bonds is 4. The highest BCUT2D eigenvalue weighted by molar-refractivity contribution is 5.55. The van der Waals surface area contributed by atoms with E-state index in [1.165, 1.54) is 6.07 Å². The van der Waals surface area contributed by atoms with E-state index in [1.54, 1.807) is 6.20 Å². The molecule has 0 spiro atoms. The van der Waals surface area contributed by atoms with Gasteiger partial charge in [-0.1, -0.05) is 30.3 Å². The Morgan fingerprint density at radius 2 is 1.64 bits per heavy atom. The Morgan fingerprint density at radius 3 is 2.29 bits per heavy atom. The highest BCUT2D eigenvalue weighted by Gasteiger charge is 2.31. The van der Waals surface area contributed by atoms with E-state index in [-0.39, 0.29) is 0 Å². The van der Waals surface area contributed by atoms with Crippen LogP contribution in [-0.2, 0) is 12.7 Å². The summed E-state index contributed by atoms with van der Waals surface area (Å²) in [5, 5.41) is 0. The van der Waals surface area contributed by atoms with Gasteiger partial charge in [-0.15, -0.1) is 0 Å². The van der Waals surface area contributed by atoms with E-state index in [4.69, 9.17) is 4.42 Å². The van der Waals surface area contributed by atoms with Crippen LogP contribution >= 0.6 is 0 Å². The minimum absolute atomic E-state index is 0.565. The fourth-order valence-corrected chi connectivity index (χ4v) is 3.19. The van der Waals surface area contributed by atoms with Crippen LogP contribution in [0, 0.1) is 0 Å². The van der Waals surface area contributed by atoms with Crippen LogP contribution in [0.4, 0.5) is 19.0 Å². The minimum atomic E-state index is -4.36. The number of benzene rings is 1. The Morgan fingerprint density at radius 1 is 0.893 bits per heavy atom. The summed E-state index contributed by atoms with van der Waals surface area (Å²) in [5.74, 6) is 1.96. The van der Waals surface area contributed by atoms with Gasteiger partial charge in [-0.2, -0.15) is 13.2 Å². The summed E-state index contributed by atoms with van der Waals surface area (Å²) < 4.78 is 43.8. The zero-order chi connectivity index (χ0) is 19.6. The van der Waals surface area contributed by atoms with E-state index in [9.17, 15) is 13.2 Å². The number of aromatic nitrogens is 2. The second-order valence-electron chi connectivity index (χ2n) is 6.65. The van der Waals surface area contributed by atoms with Crippen molar-refractivity contribution in [3.05, 3.63) is 66.3 Å². The van der Waals surface area contributed by atoms with Gasteiger partial charge < -0.3 is 9.32 Å². The number of oxazole rings is 1. The van der Waals surface area contributed by atoms with Crippen LogP contribution in [0.5, 0.6) is 0 Å². The van der Waals surface area contributed by atoms with Crippen molar-refractivity contribution in [1.29, 1.82) is 0 Å². The fourth-order valence-electron chi connectivity index (χ4n) is 3.19. The summed E-state index contributed by atoms with van der Waals surface area (Å²) >= 11 is 0. The SMILES string of the molecule is FC(F)(F)c1ccc(N2CCN(Cc3ncc(-c4ccccc4)o3)CC2)nc1. The van der Waals surface area contributed by atoms with E-state index >= 15 is 0 Å². The normalized spacial score (nSPS) is 15.8. The zero-order valence-corrected chi connectivity index (χ0v) is 15.1. The molecule has 3 heterocycles. The van der Waals surface area contributed by atoms with Crippen molar-refractivity contribution in [3.63, 3.8) is 0 Å². The van der Waals surface area contributed by atoms with E-state index in [2.05, 4.69) is 14.9 Å². The fraction of sp³-hybridized carbons (Fsp3) is 0.300. The molecule has 1 aromatic carbocycles. The van der Waals surface area contributed by atoms with Gasteiger partial charge in [-0.25, -0.2) is 9.97 Å².